The first-order chi connectivity index (χ1) is 20.5. The summed E-state index contributed by atoms with van der Waals surface area (Å²) in [5, 5.41) is 0.117. The topological polar surface area (TPSA) is 93.1 Å². The Balaban J connectivity index is 1.23. The molecule has 2 aromatic heterocycles. The van der Waals surface area contributed by atoms with Crippen molar-refractivity contribution in [2.24, 2.45) is 0 Å². The van der Waals surface area contributed by atoms with Gasteiger partial charge in [-0.3, -0.25) is 9.80 Å². The molecule has 2 aromatic rings. The zero-order chi connectivity index (χ0) is 30.1. The van der Waals surface area contributed by atoms with Crippen molar-refractivity contribution >= 4 is 34.4 Å². The predicted octanol–water partition coefficient (Wildman–Crippen LogP) is 4.91. The van der Waals surface area contributed by atoms with Crippen LogP contribution in [0.1, 0.15) is 65.7 Å². The number of amides is 1. The first-order valence-corrected chi connectivity index (χ1v) is 15.8. The molecule has 4 atom stereocenters. The molecule has 0 aromatic carbocycles. The number of aromatic nitrogens is 3. The Hall–Kier alpha value is -2.57. The van der Waals surface area contributed by atoms with E-state index in [9.17, 15) is 9.18 Å². The van der Waals surface area contributed by atoms with Crippen molar-refractivity contribution in [2.45, 2.75) is 101 Å². The van der Waals surface area contributed by atoms with Gasteiger partial charge >= 0.3 is 12.1 Å². The molecule has 6 heterocycles. The summed E-state index contributed by atoms with van der Waals surface area (Å²) in [5.74, 6) is -0.287. The fraction of sp³-hybridized carbons (Fsp3) is 0.733. The van der Waals surface area contributed by atoms with Crippen LogP contribution in [0, 0.1) is 5.82 Å². The fourth-order valence-corrected chi connectivity index (χ4v) is 7.68. The highest BCUT2D eigenvalue weighted by Crippen LogP contribution is 2.45. The minimum absolute atomic E-state index is 0.0115. The lowest BCUT2D eigenvalue weighted by atomic mass is 9.95. The van der Waals surface area contributed by atoms with Gasteiger partial charge in [0.05, 0.1) is 35.2 Å². The van der Waals surface area contributed by atoms with E-state index in [1.165, 1.54) is 6.20 Å². The first kappa shape index (κ1) is 29.2. The van der Waals surface area contributed by atoms with E-state index in [0.29, 0.717) is 43.9 Å². The van der Waals surface area contributed by atoms with Crippen LogP contribution >= 0.6 is 11.6 Å². The summed E-state index contributed by atoms with van der Waals surface area (Å²) in [6, 6.07) is -0.144. The van der Waals surface area contributed by atoms with Gasteiger partial charge in [0.1, 0.15) is 29.7 Å². The van der Waals surface area contributed by atoms with E-state index in [4.69, 9.17) is 30.8 Å². The molecule has 0 radical (unpaired) electrons. The van der Waals surface area contributed by atoms with Crippen molar-refractivity contribution in [3.05, 3.63) is 17.2 Å². The number of anilines is 1. The van der Waals surface area contributed by atoms with Gasteiger partial charge in [0.15, 0.2) is 11.0 Å². The standard InChI is InChI=1S/C30H39ClF2N6O4/c1-28(2,3)43-27(40)39-19-7-9-30(39,17-41-20-5-6-20)15-37(14-19)25-21-12-34-24(31)22(33)23(21)35-26(36-25)42-16-29-8-4-10-38(29)13-18(32)11-29/h12,18-20H,4-11,13-17H2,1-3H3/t18-,19+,29+,30-/m1/s1. The third-order valence-electron chi connectivity index (χ3n) is 9.57. The maximum atomic E-state index is 15.4. The van der Waals surface area contributed by atoms with Gasteiger partial charge in [0.25, 0.3) is 0 Å². The van der Waals surface area contributed by atoms with Gasteiger partial charge in [-0.05, 0) is 65.8 Å². The number of piperazine rings is 1. The van der Waals surface area contributed by atoms with Crippen molar-refractivity contribution < 1.29 is 27.8 Å². The van der Waals surface area contributed by atoms with Crippen molar-refractivity contribution in [2.75, 3.05) is 44.3 Å². The van der Waals surface area contributed by atoms with E-state index in [1.807, 2.05) is 25.7 Å². The molecule has 0 N–H and O–H groups in total. The largest absolute Gasteiger partial charge is 0.461 e. The second-order valence-corrected chi connectivity index (χ2v) is 14.3. The van der Waals surface area contributed by atoms with Crippen molar-refractivity contribution in [1.29, 1.82) is 0 Å². The molecule has 10 nitrogen and oxygen atoms in total. The third kappa shape index (κ3) is 5.37. The number of nitrogens with zero attached hydrogens (tertiary/aromatic N) is 6. The number of halogens is 3. The highest BCUT2D eigenvalue weighted by Gasteiger charge is 2.56. The monoisotopic (exact) mass is 620 g/mol. The van der Waals surface area contributed by atoms with E-state index in [1.54, 1.807) is 0 Å². The van der Waals surface area contributed by atoms with Gasteiger partial charge in [-0.15, -0.1) is 0 Å². The highest BCUT2D eigenvalue weighted by molar-refractivity contribution is 6.30. The molecular formula is C30H39ClF2N6O4. The number of rotatable bonds is 7. The first-order valence-electron chi connectivity index (χ1n) is 15.4. The second kappa shape index (κ2) is 10.5. The van der Waals surface area contributed by atoms with E-state index >= 15 is 4.39 Å². The average molecular weight is 621 g/mol. The molecular weight excluding hydrogens is 582 g/mol. The number of hydrogen-bond acceptors (Lipinski definition) is 9. The number of carbonyl (C=O) groups is 1. The van der Waals surface area contributed by atoms with Crippen LogP contribution < -0.4 is 9.64 Å². The summed E-state index contributed by atoms with van der Waals surface area (Å²) in [6.07, 6.45) is 6.19. The molecule has 5 fully saturated rings. The maximum absolute atomic E-state index is 15.4. The second-order valence-electron chi connectivity index (χ2n) is 14.0. The predicted molar refractivity (Wildman–Crippen MR) is 156 cm³/mol. The maximum Gasteiger partial charge on any atom is 0.411 e. The molecule has 13 heteroatoms. The molecule has 5 aliphatic rings. The van der Waals surface area contributed by atoms with Gasteiger partial charge in [-0.1, -0.05) is 11.6 Å². The van der Waals surface area contributed by atoms with Crippen LogP contribution in [-0.4, -0.2) is 105 Å². The van der Waals surface area contributed by atoms with Crippen molar-refractivity contribution in [3.8, 4) is 6.01 Å². The quantitative estimate of drug-likeness (QED) is 0.400. The van der Waals surface area contributed by atoms with Gasteiger partial charge in [-0.25, -0.2) is 18.6 Å². The zero-order valence-corrected chi connectivity index (χ0v) is 25.7. The van der Waals surface area contributed by atoms with Crippen LogP contribution in [0.2, 0.25) is 5.15 Å². The average Bonchev–Trinajstić information content (AvgIpc) is 3.55. The lowest BCUT2D eigenvalue weighted by molar-refractivity contribution is -0.0366. The van der Waals surface area contributed by atoms with E-state index in [0.717, 1.165) is 45.1 Å². The van der Waals surface area contributed by atoms with Gasteiger partial charge < -0.3 is 19.1 Å². The molecule has 4 saturated heterocycles. The molecule has 43 heavy (non-hydrogen) atoms. The molecule has 0 spiro atoms. The number of ether oxygens (including phenoxy) is 3. The summed E-state index contributed by atoms with van der Waals surface area (Å²) >= 11 is 6.08. The summed E-state index contributed by atoms with van der Waals surface area (Å²) in [6.45, 7) is 8.28. The fourth-order valence-electron chi connectivity index (χ4n) is 7.54. The van der Waals surface area contributed by atoms with E-state index in [2.05, 4.69) is 19.8 Å². The smallest absolute Gasteiger partial charge is 0.411 e. The minimum atomic E-state index is -0.898. The number of alkyl halides is 1. The number of carbonyl (C=O) groups excluding carboxylic acids is 1. The van der Waals surface area contributed by atoms with Crippen LogP contribution in [0.4, 0.5) is 19.4 Å². The lowest BCUT2D eigenvalue weighted by Crippen LogP contribution is -2.66. The number of pyridine rings is 1. The van der Waals surface area contributed by atoms with Gasteiger partial charge in [0.2, 0.25) is 0 Å². The summed E-state index contributed by atoms with van der Waals surface area (Å²) < 4.78 is 48.1. The molecule has 234 valence electrons. The Labute approximate surface area is 255 Å². The molecule has 0 unspecified atom stereocenters. The molecule has 4 aliphatic heterocycles. The Morgan fingerprint density at radius 2 is 1.95 bits per heavy atom. The lowest BCUT2D eigenvalue weighted by Gasteiger charge is -2.49. The Bertz CT molecular complexity index is 1430. The Morgan fingerprint density at radius 3 is 2.72 bits per heavy atom. The van der Waals surface area contributed by atoms with E-state index in [-0.39, 0.29) is 41.5 Å². The Kier molecular flexibility index (Phi) is 7.13. The van der Waals surface area contributed by atoms with Crippen LogP contribution in [0.5, 0.6) is 6.01 Å². The van der Waals surface area contributed by atoms with Crippen LogP contribution in [0.15, 0.2) is 6.20 Å². The van der Waals surface area contributed by atoms with Crippen LogP contribution in [0.3, 0.4) is 0 Å². The molecule has 1 amide bonds. The van der Waals surface area contributed by atoms with E-state index < -0.39 is 28.7 Å². The SMILES string of the molecule is CC(C)(C)OC(=O)N1[C@H]2CC[C@]1(COC1CC1)CN(c1nc(OC[C@@]34CCCN3C[C@H](F)C4)nc3c(F)c(Cl)ncc13)C2. The van der Waals surface area contributed by atoms with Gasteiger partial charge in [-0.2, -0.15) is 9.97 Å². The molecule has 7 rings (SSSR count). The minimum Gasteiger partial charge on any atom is -0.461 e. The summed E-state index contributed by atoms with van der Waals surface area (Å²) in [5.41, 5.74) is -1.68. The van der Waals surface area contributed by atoms with Crippen LogP contribution in [0.25, 0.3) is 10.9 Å². The normalized spacial score (nSPS) is 30.7. The summed E-state index contributed by atoms with van der Waals surface area (Å²) in [7, 11) is 0. The van der Waals surface area contributed by atoms with Crippen LogP contribution in [-0.2, 0) is 9.47 Å². The molecule has 1 aliphatic carbocycles. The van der Waals surface area contributed by atoms with Crippen molar-refractivity contribution in [1.82, 2.24) is 24.8 Å². The highest BCUT2D eigenvalue weighted by atomic mass is 35.5. The zero-order valence-electron chi connectivity index (χ0n) is 25.0. The van der Waals surface area contributed by atoms with Crippen molar-refractivity contribution in [3.63, 3.8) is 0 Å². The Morgan fingerprint density at radius 1 is 1.14 bits per heavy atom. The number of fused-ring (bicyclic) bond motifs is 4. The molecule has 1 saturated carbocycles. The third-order valence-corrected chi connectivity index (χ3v) is 9.83. The molecule has 2 bridgehead atoms. The summed E-state index contributed by atoms with van der Waals surface area (Å²) in [4.78, 5) is 32.9. The van der Waals surface area contributed by atoms with Gasteiger partial charge in [0, 0.05) is 32.3 Å². The number of hydrogen-bond donors (Lipinski definition) is 0.